The standard InChI is InChI=1S/C19H18BrN3O6S/c20-13-7-5-12(6-8-13)19-15-9-21(10-18(25)22(15)16(19)11-24)30(28,29)17-4-2-1-3-14(17)23(26)27/h1-8,15-16,19,24H,9-11H2/t15-,16+,19+/m0/s1. The minimum atomic E-state index is -4.26. The van der Waals surface area contributed by atoms with Gasteiger partial charge in [0.05, 0.1) is 30.2 Å². The molecule has 9 nitrogen and oxygen atoms in total. The van der Waals surface area contributed by atoms with Crippen molar-refractivity contribution < 1.29 is 23.2 Å². The van der Waals surface area contributed by atoms with E-state index in [0.717, 1.165) is 20.4 Å². The molecule has 0 unspecified atom stereocenters. The van der Waals surface area contributed by atoms with Gasteiger partial charge >= 0.3 is 0 Å². The van der Waals surface area contributed by atoms with E-state index in [0.29, 0.717) is 0 Å². The predicted molar refractivity (Wildman–Crippen MR) is 110 cm³/mol. The van der Waals surface area contributed by atoms with E-state index in [1.165, 1.54) is 23.1 Å². The van der Waals surface area contributed by atoms with E-state index in [1.807, 2.05) is 24.3 Å². The smallest absolute Gasteiger partial charge is 0.289 e. The number of carbonyl (C=O) groups excluding carboxylic acids is 1. The van der Waals surface area contributed by atoms with Gasteiger partial charge in [0.2, 0.25) is 15.9 Å². The normalized spacial score (nSPS) is 24.3. The van der Waals surface area contributed by atoms with Gasteiger partial charge in [-0.25, -0.2) is 8.42 Å². The highest BCUT2D eigenvalue weighted by Crippen LogP contribution is 2.44. The topological polar surface area (TPSA) is 121 Å². The number of nitrogens with zero attached hydrogens (tertiary/aromatic N) is 3. The maximum atomic E-state index is 13.2. The summed E-state index contributed by atoms with van der Waals surface area (Å²) in [7, 11) is -4.26. The molecule has 2 heterocycles. The van der Waals surface area contributed by atoms with E-state index in [9.17, 15) is 28.4 Å². The van der Waals surface area contributed by atoms with Crippen LogP contribution < -0.4 is 0 Å². The number of nitro benzene ring substituents is 1. The second-order valence-electron chi connectivity index (χ2n) is 7.22. The lowest BCUT2D eigenvalue weighted by atomic mass is 9.74. The third kappa shape index (κ3) is 3.31. The number of rotatable bonds is 5. The monoisotopic (exact) mass is 495 g/mol. The highest BCUT2D eigenvalue weighted by molar-refractivity contribution is 9.10. The maximum absolute atomic E-state index is 13.2. The molecular formula is C19H18BrN3O6S. The number of halogens is 1. The Kier molecular flexibility index (Phi) is 5.39. The number of carbonyl (C=O) groups is 1. The van der Waals surface area contributed by atoms with E-state index < -0.39 is 50.1 Å². The minimum Gasteiger partial charge on any atom is -0.394 e. The Labute approximate surface area is 181 Å². The zero-order valence-electron chi connectivity index (χ0n) is 15.6. The highest BCUT2D eigenvalue weighted by atomic mass is 79.9. The summed E-state index contributed by atoms with van der Waals surface area (Å²) in [5.74, 6) is -0.670. The number of para-hydroxylation sites is 1. The van der Waals surface area contributed by atoms with E-state index in [-0.39, 0.29) is 19.1 Å². The molecule has 0 saturated carbocycles. The van der Waals surface area contributed by atoms with Crippen LogP contribution in [-0.2, 0) is 14.8 Å². The number of hydrogen-bond donors (Lipinski definition) is 1. The van der Waals surface area contributed by atoms with Crippen molar-refractivity contribution in [1.82, 2.24) is 9.21 Å². The average Bonchev–Trinajstić information content (AvgIpc) is 2.70. The molecule has 2 aromatic rings. The van der Waals surface area contributed by atoms with Gasteiger partial charge in [-0.1, -0.05) is 40.2 Å². The lowest BCUT2D eigenvalue weighted by Crippen LogP contribution is -2.73. The van der Waals surface area contributed by atoms with Gasteiger partial charge in [0.15, 0.2) is 4.90 Å². The zero-order chi connectivity index (χ0) is 21.6. The van der Waals surface area contributed by atoms with Gasteiger partial charge in [0.25, 0.3) is 5.69 Å². The number of fused-ring (bicyclic) bond motifs is 1. The van der Waals surface area contributed by atoms with Gasteiger partial charge in [0, 0.05) is 23.0 Å². The molecular weight excluding hydrogens is 478 g/mol. The van der Waals surface area contributed by atoms with Gasteiger partial charge < -0.3 is 10.0 Å². The highest BCUT2D eigenvalue weighted by Gasteiger charge is 2.55. The molecule has 1 amide bonds. The molecule has 30 heavy (non-hydrogen) atoms. The summed E-state index contributed by atoms with van der Waals surface area (Å²) in [5, 5.41) is 21.1. The van der Waals surface area contributed by atoms with Crippen molar-refractivity contribution in [2.75, 3.05) is 19.7 Å². The lowest BCUT2D eigenvalue weighted by Gasteiger charge is -2.58. The average molecular weight is 496 g/mol. The summed E-state index contributed by atoms with van der Waals surface area (Å²) >= 11 is 3.37. The Hall–Kier alpha value is -2.34. The molecule has 3 atom stereocenters. The number of aliphatic hydroxyl groups is 1. The Morgan fingerprint density at radius 1 is 1.17 bits per heavy atom. The number of benzene rings is 2. The third-order valence-corrected chi connectivity index (χ3v) is 8.04. The Bertz CT molecular complexity index is 1110. The van der Waals surface area contributed by atoms with Crippen LogP contribution in [0.5, 0.6) is 0 Å². The molecule has 0 spiro atoms. The molecule has 0 aromatic heterocycles. The van der Waals surface area contributed by atoms with Crippen molar-refractivity contribution in [3.05, 3.63) is 68.7 Å². The van der Waals surface area contributed by atoms with E-state index in [2.05, 4.69) is 15.9 Å². The summed E-state index contributed by atoms with van der Waals surface area (Å²) in [5.41, 5.74) is 0.356. The summed E-state index contributed by atoms with van der Waals surface area (Å²) < 4.78 is 28.2. The van der Waals surface area contributed by atoms with Crippen LogP contribution in [0.1, 0.15) is 11.5 Å². The molecule has 2 fully saturated rings. The zero-order valence-corrected chi connectivity index (χ0v) is 18.0. The quantitative estimate of drug-likeness (QED) is 0.497. The van der Waals surface area contributed by atoms with Gasteiger partial charge in [-0.05, 0) is 23.8 Å². The third-order valence-electron chi connectivity index (χ3n) is 5.66. The predicted octanol–water partition coefficient (Wildman–Crippen LogP) is 1.72. The molecule has 4 rings (SSSR count). The summed E-state index contributed by atoms with van der Waals surface area (Å²) in [6.45, 7) is -0.661. The molecule has 2 saturated heterocycles. The van der Waals surface area contributed by atoms with Crippen LogP contribution >= 0.6 is 15.9 Å². The fourth-order valence-electron chi connectivity index (χ4n) is 4.30. The molecule has 158 valence electrons. The van der Waals surface area contributed by atoms with E-state index in [1.54, 1.807) is 0 Å². The Morgan fingerprint density at radius 2 is 1.83 bits per heavy atom. The van der Waals surface area contributed by atoms with Gasteiger partial charge in [-0.3, -0.25) is 14.9 Å². The van der Waals surface area contributed by atoms with Crippen molar-refractivity contribution in [1.29, 1.82) is 0 Å². The largest absolute Gasteiger partial charge is 0.394 e. The molecule has 1 N–H and O–H groups in total. The summed E-state index contributed by atoms with van der Waals surface area (Å²) in [4.78, 5) is 24.4. The van der Waals surface area contributed by atoms with Crippen molar-refractivity contribution in [3.8, 4) is 0 Å². The minimum absolute atomic E-state index is 0.00263. The van der Waals surface area contributed by atoms with Crippen LogP contribution in [0, 0.1) is 10.1 Å². The molecule has 11 heteroatoms. The molecule has 0 aliphatic carbocycles. The first-order chi connectivity index (χ1) is 14.3. The van der Waals surface area contributed by atoms with E-state index >= 15 is 0 Å². The molecule has 0 radical (unpaired) electrons. The fraction of sp³-hybridized carbons (Fsp3) is 0.316. The van der Waals surface area contributed by atoms with Gasteiger partial charge in [-0.2, -0.15) is 4.31 Å². The van der Waals surface area contributed by atoms with Crippen molar-refractivity contribution in [2.24, 2.45) is 0 Å². The number of piperazine rings is 1. The van der Waals surface area contributed by atoms with Crippen LogP contribution in [0.15, 0.2) is 57.9 Å². The van der Waals surface area contributed by atoms with Gasteiger partial charge in [-0.15, -0.1) is 0 Å². The van der Waals surface area contributed by atoms with Gasteiger partial charge in [0.1, 0.15) is 0 Å². The van der Waals surface area contributed by atoms with Crippen LogP contribution in [0.4, 0.5) is 5.69 Å². The van der Waals surface area contributed by atoms with Crippen molar-refractivity contribution in [2.45, 2.75) is 22.9 Å². The number of nitro groups is 1. The molecule has 2 aliphatic rings. The first-order valence-electron chi connectivity index (χ1n) is 9.16. The van der Waals surface area contributed by atoms with Crippen LogP contribution in [-0.4, -0.2) is 65.3 Å². The second kappa shape index (κ2) is 7.73. The van der Waals surface area contributed by atoms with Crippen LogP contribution in [0.3, 0.4) is 0 Å². The number of amides is 1. The van der Waals surface area contributed by atoms with Crippen LogP contribution in [0.25, 0.3) is 0 Å². The summed E-state index contributed by atoms with van der Waals surface area (Å²) in [6.07, 6.45) is 0. The number of sulfonamides is 1. The number of hydrogen-bond acceptors (Lipinski definition) is 6. The Morgan fingerprint density at radius 3 is 2.47 bits per heavy atom. The van der Waals surface area contributed by atoms with E-state index in [4.69, 9.17) is 0 Å². The first-order valence-corrected chi connectivity index (χ1v) is 11.4. The molecule has 0 bridgehead atoms. The Balaban J connectivity index is 1.68. The molecule has 2 aliphatic heterocycles. The second-order valence-corrected chi connectivity index (χ2v) is 10.0. The van der Waals surface area contributed by atoms with Crippen molar-refractivity contribution in [3.63, 3.8) is 0 Å². The van der Waals surface area contributed by atoms with Crippen LogP contribution in [0.2, 0.25) is 0 Å². The molecule has 2 aromatic carbocycles. The first kappa shape index (κ1) is 20.9. The lowest BCUT2D eigenvalue weighted by molar-refractivity contribution is -0.387. The van der Waals surface area contributed by atoms with Crippen molar-refractivity contribution >= 4 is 37.5 Å². The number of aliphatic hydroxyl groups excluding tert-OH is 1. The maximum Gasteiger partial charge on any atom is 0.289 e. The fourth-order valence-corrected chi connectivity index (χ4v) is 6.13. The summed E-state index contributed by atoms with van der Waals surface area (Å²) in [6, 6.07) is 11.6. The SMILES string of the molecule is O=C1CN(S(=O)(=O)c2ccccc2[N+](=O)[O-])C[C@H]2[C@@H](c3ccc(Br)cc3)[C@@H](CO)N12.